The van der Waals surface area contributed by atoms with Gasteiger partial charge < -0.3 is 4.90 Å². The van der Waals surface area contributed by atoms with Gasteiger partial charge in [0, 0.05) is 14.1 Å². The largest absolute Gasteiger partial charge is 0.347 e. The number of nitrogens with zero attached hydrogens (tertiary/aromatic N) is 3. The highest BCUT2D eigenvalue weighted by atomic mass is 127. The number of rotatable bonds is 2. The fourth-order valence-electron chi connectivity index (χ4n) is 0.885. The van der Waals surface area contributed by atoms with Gasteiger partial charge in [-0.05, 0) is 29.0 Å². The van der Waals surface area contributed by atoms with Gasteiger partial charge in [0.25, 0.3) is 0 Å². The molecule has 0 atom stereocenters. The van der Waals surface area contributed by atoms with E-state index in [-0.39, 0.29) is 0 Å². The topological polar surface area (TPSA) is 29.0 Å². The van der Waals surface area contributed by atoms with Crippen LogP contribution < -0.4 is 4.90 Å². The van der Waals surface area contributed by atoms with Crippen molar-refractivity contribution in [3.05, 3.63) is 14.4 Å². The smallest absolute Gasteiger partial charge is 0.226 e. The van der Waals surface area contributed by atoms with Gasteiger partial charge in [-0.2, -0.15) is 4.98 Å². The number of aromatic nitrogens is 2. The molecule has 1 aromatic rings. The van der Waals surface area contributed by atoms with Gasteiger partial charge in [0.15, 0.2) is 0 Å². The normalized spacial score (nSPS) is 10.2. The van der Waals surface area contributed by atoms with E-state index in [4.69, 9.17) is 11.6 Å². The summed E-state index contributed by atoms with van der Waals surface area (Å²) in [7, 11) is 3.80. The summed E-state index contributed by atoms with van der Waals surface area (Å²) in [5, 5.41) is 0.538. The SMILES string of the molecule is CCc1nc(N(C)C)nc(Cl)c1I. The third kappa shape index (κ3) is 2.43. The van der Waals surface area contributed by atoms with Crippen LogP contribution >= 0.6 is 34.2 Å². The summed E-state index contributed by atoms with van der Waals surface area (Å²) < 4.78 is 0.951. The number of hydrogen-bond acceptors (Lipinski definition) is 3. The first-order valence-electron chi connectivity index (χ1n) is 3.95. The second-order valence-corrected chi connectivity index (χ2v) is 4.26. The monoisotopic (exact) mass is 311 g/mol. The Kier molecular flexibility index (Phi) is 3.73. The molecule has 0 amide bonds. The van der Waals surface area contributed by atoms with Crippen molar-refractivity contribution >= 4 is 40.1 Å². The van der Waals surface area contributed by atoms with Crippen molar-refractivity contribution in [3.8, 4) is 0 Å². The van der Waals surface area contributed by atoms with E-state index in [1.807, 2.05) is 19.0 Å². The predicted octanol–water partition coefficient (Wildman–Crippen LogP) is 2.36. The van der Waals surface area contributed by atoms with Crippen molar-refractivity contribution in [1.29, 1.82) is 0 Å². The molecule has 0 bridgehead atoms. The summed E-state index contributed by atoms with van der Waals surface area (Å²) in [6.07, 6.45) is 0.876. The molecular weight excluding hydrogens is 300 g/mol. The molecule has 0 saturated heterocycles. The van der Waals surface area contributed by atoms with Crippen LogP contribution in [0.5, 0.6) is 0 Å². The molecule has 0 radical (unpaired) electrons. The molecule has 3 nitrogen and oxygen atoms in total. The lowest BCUT2D eigenvalue weighted by atomic mass is 10.3. The van der Waals surface area contributed by atoms with Crippen LogP contribution in [0.1, 0.15) is 12.6 Å². The second-order valence-electron chi connectivity index (χ2n) is 2.82. The van der Waals surface area contributed by atoms with Gasteiger partial charge in [0.2, 0.25) is 5.95 Å². The highest BCUT2D eigenvalue weighted by Gasteiger charge is 2.09. The van der Waals surface area contributed by atoms with Crippen molar-refractivity contribution in [2.45, 2.75) is 13.3 Å². The Balaban J connectivity index is 3.22. The molecule has 1 heterocycles. The van der Waals surface area contributed by atoms with E-state index < -0.39 is 0 Å². The fraction of sp³-hybridized carbons (Fsp3) is 0.500. The molecule has 0 spiro atoms. The van der Waals surface area contributed by atoms with Gasteiger partial charge in [0.1, 0.15) is 5.15 Å². The van der Waals surface area contributed by atoms with Crippen LogP contribution in [-0.4, -0.2) is 24.1 Å². The molecule has 0 N–H and O–H groups in total. The number of aryl methyl sites for hydroxylation is 1. The predicted molar refractivity (Wildman–Crippen MR) is 63.5 cm³/mol. The summed E-state index contributed by atoms with van der Waals surface area (Å²) in [4.78, 5) is 10.4. The van der Waals surface area contributed by atoms with E-state index in [1.165, 1.54) is 0 Å². The first-order valence-corrected chi connectivity index (χ1v) is 5.41. The molecule has 0 aromatic carbocycles. The van der Waals surface area contributed by atoms with E-state index in [1.54, 1.807) is 0 Å². The quantitative estimate of drug-likeness (QED) is 0.620. The third-order valence-corrected chi connectivity index (χ3v) is 3.33. The van der Waals surface area contributed by atoms with E-state index in [0.29, 0.717) is 11.1 Å². The van der Waals surface area contributed by atoms with Gasteiger partial charge in [-0.1, -0.05) is 18.5 Å². The van der Waals surface area contributed by atoms with Gasteiger partial charge in [-0.25, -0.2) is 4.98 Å². The lowest BCUT2D eigenvalue weighted by Gasteiger charge is -2.12. The summed E-state index contributed by atoms with van der Waals surface area (Å²) >= 11 is 8.13. The van der Waals surface area contributed by atoms with Crippen molar-refractivity contribution in [2.24, 2.45) is 0 Å². The van der Waals surface area contributed by atoms with Crippen LogP contribution in [0.2, 0.25) is 5.15 Å². The van der Waals surface area contributed by atoms with Gasteiger partial charge >= 0.3 is 0 Å². The third-order valence-electron chi connectivity index (χ3n) is 1.60. The van der Waals surface area contributed by atoms with Crippen molar-refractivity contribution in [3.63, 3.8) is 0 Å². The number of hydrogen-bond donors (Lipinski definition) is 0. The van der Waals surface area contributed by atoms with E-state index >= 15 is 0 Å². The Morgan fingerprint density at radius 3 is 2.46 bits per heavy atom. The number of halogens is 2. The van der Waals surface area contributed by atoms with Crippen LogP contribution in [0, 0.1) is 3.57 Å². The molecule has 13 heavy (non-hydrogen) atoms. The molecule has 5 heteroatoms. The fourth-order valence-corrected chi connectivity index (χ4v) is 1.69. The van der Waals surface area contributed by atoms with Gasteiger partial charge in [-0.15, -0.1) is 0 Å². The molecule has 0 aliphatic carbocycles. The van der Waals surface area contributed by atoms with Gasteiger partial charge in [0.05, 0.1) is 9.26 Å². The molecule has 0 saturated carbocycles. The van der Waals surface area contributed by atoms with Crippen LogP contribution in [0.3, 0.4) is 0 Å². The lowest BCUT2D eigenvalue weighted by Crippen LogP contribution is -2.14. The first kappa shape index (κ1) is 11.0. The molecule has 0 unspecified atom stereocenters. The molecule has 0 aliphatic heterocycles. The minimum absolute atomic E-state index is 0.538. The molecule has 0 fully saturated rings. The van der Waals surface area contributed by atoms with Crippen LogP contribution in [0.4, 0.5) is 5.95 Å². The minimum Gasteiger partial charge on any atom is -0.347 e. The maximum absolute atomic E-state index is 5.96. The summed E-state index contributed by atoms with van der Waals surface area (Å²) in [5.74, 6) is 0.669. The van der Waals surface area contributed by atoms with Crippen molar-refractivity contribution < 1.29 is 0 Å². The number of anilines is 1. The van der Waals surface area contributed by atoms with Crippen LogP contribution in [0.15, 0.2) is 0 Å². The molecule has 1 aromatic heterocycles. The van der Waals surface area contributed by atoms with E-state index in [9.17, 15) is 0 Å². The van der Waals surface area contributed by atoms with Crippen molar-refractivity contribution in [1.82, 2.24) is 9.97 Å². The maximum atomic E-state index is 5.96. The van der Waals surface area contributed by atoms with Crippen LogP contribution in [0.25, 0.3) is 0 Å². The van der Waals surface area contributed by atoms with Crippen molar-refractivity contribution in [2.75, 3.05) is 19.0 Å². The molecule has 1 rings (SSSR count). The highest BCUT2D eigenvalue weighted by molar-refractivity contribution is 14.1. The summed E-state index contributed by atoms with van der Waals surface area (Å²) in [6.45, 7) is 2.06. The molecular formula is C8H11ClIN3. The highest BCUT2D eigenvalue weighted by Crippen LogP contribution is 2.21. The first-order chi connectivity index (χ1) is 6.06. The lowest BCUT2D eigenvalue weighted by molar-refractivity contribution is 0.929. The Labute approximate surface area is 96.7 Å². The Morgan fingerprint density at radius 1 is 1.38 bits per heavy atom. The average molecular weight is 312 g/mol. The average Bonchev–Trinajstić information content (AvgIpc) is 2.09. The zero-order chi connectivity index (χ0) is 10.0. The second kappa shape index (κ2) is 4.41. The summed E-state index contributed by atoms with van der Waals surface area (Å²) in [5.41, 5.74) is 1.00. The van der Waals surface area contributed by atoms with Crippen LogP contribution in [-0.2, 0) is 6.42 Å². The van der Waals surface area contributed by atoms with E-state index in [0.717, 1.165) is 15.7 Å². The standard InChI is InChI=1S/C8H11ClIN3/c1-4-5-6(10)7(9)12-8(11-5)13(2)3/h4H2,1-3H3. The minimum atomic E-state index is 0.538. The Bertz CT molecular complexity index is 315. The Morgan fingerprint density at radius 2 is 2.00 bits per heavy atom. The van der Waals surface area contributed by atoms with Gasteiger partial charge in [-0.3, -0.25) is 0 Å². The zero-order valence-corrected chi connectivity index (χ0v) is 10.7. The Hall–Kier alpha value is -0.100. The molecule has 0 aliphatic rings. The molecule has 72 valence electrons. The maximum Gasteiger partial charge on any atom is 0.226 e. The zero-order valence-electron chi connectivity index (χ0n) is 7.80. The summed E-state index contributed by atoms with van der Waals surface area (Å²) in [6, 6.07) is 0. The van der Waals surface area contributed by atoms with E-state index in [2.05, 4.69) is 39.5 Å².